The monoisotopic (exact) mass is 280 g/mol. The summed E-state index contributed by atoms with van der Waals surface area (Å²) in [6.07, 6.45) is 0. The van der Waals surface area contributed by atoms with E-state index in [-0.39, 0.29) is 5.82 Å². The van der Waals surface area contributed by atoms with Gasteiger partial charge in [-0.1, -0.05) is 30.3 Å². The molecule has 1 aromatic heterocycles. The van der Waals surface area contributed by atoms with Gasteiger partial charge in [0.05, 0.1) is 5.52 Å². The van der Waals surface area contributed by atoms with Crippen molar-refractivity contribution in [2.45, 2.75) is 20.0 Å². The van der Waals surface area contributed by atoms with Crippen molar-refractivity contribution in [2.24, 2.45) is 0 Å². The van der Waals surface area contributed by atoms with Gasteiger partial charge >= 0.3 is 0 Å². The molecule has 3 aromatic rings. The molecule has 3 rings (SSSR count). The lowest BCUT2D eigenvalue weighted by molar-refractivity contribution is 0.620. The molecule has 0 spiro atoms. The third-order valence-corrected chi connectivity index (χ3v) is 3.46. The van der Waals surface area contributed by atoms with Crippen LogP contribution < -0.4 is 5.32 Å². The normalized spacial score (nSPS) is 11.0. The Bertz CT molecular complexity index is 768. The Hall–Kier alpha value is -2.26. The minimum Gasteiger partial charge on any atom is -0.309 e. The van der Waals surface area contributed by atoms with Gasteiger partial charge in [-0.2, -0.15) is 0 Å². The van der Waals surface area contributed by atoms with Crippen LogP contribution in [0, 0.1) is 12.7 Å². The molecule has 0 aliphatic heterocycles. The number of nitrogens with zero attached hydrogens (tertiary/aromatic N) is 1. The number of halogens is 1. The topological polar surface area (TPSA) is 24.9 Å². The minimum absolute atomic E-state index is 0.195. The number of aryl methyl sites for hydroxylation is 1. The van der Waals surface area contributed by atoms with Crippen LogP contribution in [0.15, 0.2) is 54.6 Å². The number of aromatic nitrogens is 1. The predicted octanol–water partition coefficient (Wildman–Crippen LogP) is 3.97. The molecule has 2 aromatic carbocycles. The van der Waals surface area contributed by atoms with Crippen LogP contribution in [0.25, 0.3) is 10.9 Å². The highest BCUT2D eigenvalue weighted by molar-refractivity contribution is 5.82. The number of rotatable bonds is 4. The lowest BCUT2D eigenvalue weighted by Crippen LogP contribution is -2.13. The van der Waals surface area contributed by atoms with Crippen molar-refractivity contribution >= 4 is 10.9 Å². The van der Waals surface area contributed by atoms with E-state index in [0.717, 1.165) is 28.7 Å². The summed E-state index contributed by atoms with van der Waals surface area (Å²) in [6.45, 7) is 3.39. The average molecular weight is 280 g/mol. The van der Waals surface area contributed by atoms with Crippen LogP contribution in [0.1, 0.15) is 16.8 Å². The highest BCUT2D eigenvalue weighted by Crippen LogP contribution is 2.18. The van der Waals surface area contributed by atoms with Gasteiger partial charge in [0.25, 0.3) is 0 Å². The zero-order valence-electron chi connectivity index (χ0n) is 11.9. The van der Waals surface area contributed by atoms with Crippen LogP contribution in [0.4, 0.5) is 4.39 Å². The lowest BCUT2D eigenvalue weighted by atomic mass is 10.1. The molecule has 0 aliphatic carbocycles. The zero-order valence-corrected chi connectivity index (χ0v) is 11.9. The van der Waals surface area contributed by atoms with Gasteiger partial charge in [0.15, 0.2) is 0 Å². The molecule has 0 saturated carbocycles. The fourth-order valence-corrected chi connectivity index (χ4v) is 2.53. The van der Waals surface area contributed by atoms with Crippen LogP contribution in [0.3, 0.4) is 0 Å². The van der Waals surface area contributed by atoms with Gasteiger partial charge in [0, 0.05) is 24.2 Å². The van der Waals surface area contributed by atoms with E-state index in [0.29, 0.717) is 6.54 Å². The Balaban J connectivity index is 1.76. The molecule has 21 heavy (non-hydrogen) atoms. The Morgan fingerprint density at radius 3 is 2.71 bits per heavy atom. The van der Waals surface area contributed by atoms with Crippen molar-refractivity contribution in [1.29, 1.82) is 0 Å². The average Bonchev–Trinajstić information content (AvgIpc) is 2.47. The van der Waals surface area contributed by atoms with E-state index in [4.69, 9.17) is 0 Å². The van der Waals surface area contributed by atoms with Crippen LogP contribution in [0.2, 0.25) is 0 Å². The van der Waals surface area contributed by atoms with Crippen LogP contribution in [0.5, 0.6) is 0 Å². The van der Waals surface area contributed by atoms with E-state index in [9.17, 15) is 4.39 Å². The second-order valence-electron chi connectivity index (χ2n) is 5.17. The summed E-state index contributed by atoms with van der Waals surface area (Å²) in [4.78, 5) is 4.54. The van der Waals surface area contributed by atoms with Gasteiger partial charge < -0.3 is 5.32 Å². The van der Waals surface area contributed by atoms with E-state index in [2.05, 4.69) is 22.4 Å². The summed E-state index contributed by atoms with van der Waals surface area (Å²) in [5, 5.41) is 4.53. The number of hydrogen-bond donors (Lipinski definition) is 1. The number of hydrogen-bond acceptors (Lipinski definition) is 2. The molecule has 0 radical (unpaired) electrons. The lowest BCUT2D eigenvalue weighted by Gasteiger charge is -2.09. The SMILES string of the molecule is Cc1cc(CNCc2cccc(F)c2)c2ccccc2n1. The third kappa shape index (κ3) is 3.26. The van der Waals surface area contributed by atoms with Crippen LogP contribution in [-0.2, 0) is 13.1 Å². The predicted molar refractivity (Wildman–Crippen MR) is 83.4 cm³/mol. The molecule has 106 valence electrons. The fourth-order valence-electron chi connectivity index (χ4n) is 2.53. The highest BCUT2D eigenvalue weighted by atomic mass is 19.1. The number of benzene rings is 2. The van der Waals surface area contributed by atoms with Crippen molar-refractivity contribution in [3.63, 3.8) is 0 Å². The van der Waals surface area contributed by atoms with Crippen molar-refractivity contribution < 1.29 is 4.39 Å². The summed E-state index contributed by atoms with van der Waals surface area (Å²) in [5.74, 6) is -0.195. The molecule has 1 heterocycles. The molecule has 1 N–H and O–H groups in total. The van der Waals surface area contributed by atoms with Gasteiger partial charge in [-0.15, -0.1) is 0 Å². The quantitative estimate of drug-likeness (QED) is 0.782. The first-order valence-electron chi connectivity index (χ1n) is 7.03. The minimum atomic E-state index is -0.195. The summed E-state index contributed by atoms with van der Waals surface area (Å²) in [6, 6.07) is 16.9. The second kappa shape index (κ2) is 6.02. The number of nitrogens with one attached hydrogen (secondary N) is 1. The molecule has 0 aliphatic rings. The second-order valence-corrected chi connectivity index (χ2v) is 5.17. The molecule has 0 amide bonds. The highest BCUT2D eigenvalue weighted by Gasteiger charge is 2.03. The van der Waals surface area contributed by atoms with E-state index in [1.807, 2.05) is 31.2 Å². The molecule has 0 saturated heterocycles. The summed E-state index contributed by atoms with van der Waals surface area (Å²) in [7, 11) is 0. The maximum absolute atomic E-state index is 13.1. The van der Waals surface area contributed by atoms with Crippen LogP contribution in [-0.4, -0.2) is 4.98 Å². The number of para-hydroxylation sites is 1. The molecule has 3 heteroatoms. The maximum atomic E-state index is 13.1. The smallest absolute Gasteiger partial charge is 0.123 e. The van der Waals surface area contributed by atoms with Crippen molar-refractivity contribution in [2.75, 3.05) is 0 Å². The first-order chi connectivity index (χ1) is 10.2. The van der Waals surface area contributed by atoms with E-state index < -0.39 is 0 Å². The summed E-state index contributed by atoms with van der Waals surface area (Å²) < 4.78 is 13.1. The van der Waals surface area contributed by atoms with Gasteiger partial charge in [-0.3, -0.25) is 4.98 Å². The summed E-state index contributed by atoms with van der Waals surface area (Å²) in [5.41, 5.74) is 4.19. The number of fused-ring (bicyclic) bond motifs is 1. The molecule has 0 unspecified atom stereocenters. The first kappa shape index (κ1) is 13.7. The van der Waals surface area contributed by atoms with E-state index in [1.54, 1.807) is 12.1 Å². The molecule has 0 bridgehead atoms. The van der Waals surface area contributed by atoms with Gasteiger partial charge in [-0.05, 0) is 42.3 Å². The van der Waals surface area contributed by atoms with E-state index in [1.165, 1.54) is 11.6 Å². The third-order valence-electron chi connectivity index (χ3n) is 3.46. The molecular formula is C18H17FN2. The largest absolute Gasteiger partial charge is 0.309 e. The Kier molecular flexibility index (Phi) is 3.93. The number of pyridine rings is 1. The molecule has 0 atom stereocenters. The molecular weight excluding hydrogens is 263 g/mol. The Morgan fingerprint density at radius 2 is 1.86 bits per heavy atom. The molecule has 0 fully saturated rings. The van der Waals surface area contributed by atoms with Gasteiger partial charge in [0.1, 0.15) is 5.82 Å². The van der Waals surface area contributed by atoms with Gasteiger partial charge in [0.2, 0.25) is 0 Å². The van der Waals surface area contributed by atoms with Gasteiger partial charge in [-0.25, -0.2) is 4.39 Å². The Morgan fingerprint density at radius 1 is 1.00 bits per heavy atom. The van der Waals surface area contributed by atoms with Crippen molar-refractivity contribution in [3.05, 3.63) is 77.2 Å². The van der Waals surface area contributed by atoms with Crippen molar-refractivity contribution in [3.8, 4) is 0 Å². The standard InChI is InChI=1S/C18H17FN2/c1-13-9-15(17-7-2-3-8-18(17)21-13)12-20-11-14-5-4-6-16(19)10-14/h2-10,20H,11-12H2,1H3. The first-order valence-corrected chi connectivity index (χ1v) is 7.03. The Labute approximate surface area is 123 Å². The summed E-state index contributed by atoms with van der Waals surface area (Å²) >= 11 is 0. The van der Waals surface area contributed by atoms with E-state index >= 15 is 0 Å². The molecule has 2 nitrogen and oxygen atoms in total. The van der Waals surface area contributed by atoms with Crippen LogP contribution >= 0.6 is 0 Å². The maximum Gasteiger partial charge on any atom is 0.123 e. The zero-order chi connectivity index (χ0) is 14.7. The fraction of sp³-hybridized carbons (Fsp3) is 0.167. The van der Waals surface area contributed by atoms with Crippen molar-refractivity contribution in [1.82, 2.24) is 10.3 Å².